The van der Waals surface area contributed by atoms with E-state index in [1.54, 1.807) is 6.26 Å². The molecular weight excluding hydrogens is 272 g/mol. The van der Waals surface area contributed by atoms with Gasteiger partial charge in [0.1, 0.15) is 0 Å². The summed E-state index contributed by atoms with van der Waals surface area (Å²) in [6.07, 6.45) is 1.70. The number of aliphatic hydroxyl groups is 2. The Bertz CT molecular complexity index is 476. The van der Waals surface area contributed by atoms with Gasteiger partial charge in [-0.25, -0.2) is 0 Å². The fourth-order valence-electron chi connectivity index (χ4n) is 1.39. The number of carbonyl (C=O) groups excluding carboxylic acids is 1. The third-order valence-electron chi connectivity index (χ3n) is 2.41. The first kappa shape index (κ1) is 15.4. The monoisotopic (exact) mass is 286 g/mol. The third kappa shape index (κ3) is 3.91. The van der Waals surface area contributed by atoms with Crippen molar-refractivity contribution in [1.82, 2.24) is 5.32 Å². The molecule has 3 N–H and O–H groups in total. The number of thioether (sulfide) groups is 1. The quantitative estimate of drug-likeness (QED) is 0.396. The van der Waals surface area contributed by atoms with Gasteiger partial charge in [-0.2, -0.15) is 0 Å². The van der Waals surface area contributed by atoms with Crippen LogP contribution in [0.25, 0.3) is 0 Å². The van der Waals surface area contributed by atoms with Crippen LogP contribution in [0, 0.1) is 10.1 Å². The number of nitro benzene ring substituents is 1. The van der Waals surface area contributed by atoms with Crippen LogP contribution in [0.5, 0.6) is 0 Å². The standard InChI is InChI=1S/C11H14N2O5S/c1-19-10-3-2-7(4-9(10)13(17)18)11(16)12-8(5-14)6-15/h2-4,8,14-15H,5-6H2,1H3,(H,12,16). The molecule has 8 heteroatoms. The normalized spacial score (nSPS) is 10.5. The first-order valence-corrected chi connectivity index (χ1v) is 6.61. The molecule has 0 saturated heterocycles. The van der Waals surface area contributed by atoms with Gasteiger partial charge in [0.2, 0.25) is 0 Å². The van der Waals surface area contributed by atoms with E-state index in [1.165, 1.54) is 30.0 Å². The van der Waals surface area contributed by atoms with E-state index in [4.69, 9.17) is 10.2 Å². The first-order valence-electron chi connectivity index (χ1n) is 5.38. The minimum absolute atomic E-state index is 0.108. The SMILES string of the molecule is CSc1ccc(C(=O)NC(CO)CO)cc1[N+](=O)[O-]. The van der Waals surface area contributed by atoms with E-state index in [1.807, 2.05) is 0 Å². The van der Waals surface area contributed by atoms with Crippen molar-refractivity contribution in [2.24, 2.45) is 0 Å². The molecular formula is C11H14N2O5S. The summed E-state index contributed by atoms with van der Waals surface area (Å²) in [6.45, 7) is -0.819. The van der Waals surface area contributed by atoms with Gasteiger partial charge in [0.15, 0.2) is 0 Å². The lowest BCUT2D eigenvalue weighted by molar-refractivity contribution is -0.387. The molecule has 0 bridgehead atoms. The van der Waals surface area contributed by atoms with E-state index in [0.29, 0.717) is 4.90 Å². The van der Waals surface area contributed by atoms with Crippen LogP contribution in [0.1, 0.15) is 10.4 Å². The number of nitro groups is 1. The van der Waals surface area contributed by atoms with Crippen LogP contribution in [0.15, 0.2) is 23.1 Å². The minimum atomic E-state index is -0.785. The Balaban J connectivity index is 2.98. The van der Waals surface area contributed by atoms with Crippen LogP contribution in [0.2, 0.25) is 0 Å². The lowest BCUT2D eigenvalue weighted by Gasteiger charge is -2.13. The average Bonchev–Trinajstić information content (AvgIpc) is 2.43. The molecule has 1 aromatic rings. The number of nitrogens with one attached hydrogen (secondary N) is 1. The maximum absolute atomic E-state index is 11.8. The number of nitrogens with zero attached hydrogens (tertiary/aromatic N) is 1. The van der Waals surface area contributed by atoms with E-state index < -0.39 is 30.1 Å². The summed E-state index contributed by atoms with van der Waals surface area (Å²) in [5.41, 5.74) is -0.0407. The molecule has 0 aromatic heterocycles. The molecule has 0 radical (unpaired) electrons. The van der Waals surface area contributed by atoms with Crippen molar-refractivity contribution in [3.8, 4) is 0 Å². The summed E-state index contributed by atoms with van der Waals surface area (Å²) >= 11 is 1.21. The highest BCUT2D eigenvalue weighted by Crippen LogP contribution is 2.28. The molecule has 0 heterocycles. The fourth-order valence-corrected chi connectivity index (χ4v) is 1.94. The topological polar surface area (TPSA) is 113 Å². The summed E-state index contributed by atoms with van der Waals surface area (Å²) < 4.78 is 0. The van der Waals surface area contributed by atoms with Gasteiger partial charge in [-0.3, -0.25) is 14.9 Å². The maximum atomic E-state index is 11.8. The summed E-state index contributed by atoms with van der Waals surface area (Å²) in [5.74, 6) is -0.580. The molecule has 0 fully saturated rings. The predicted octanol–water partition coefficient (Wildman–Crippen LogP) is 0.400. The van der Waals surface area contributed by atoms with Crippen LogP contribution in [-0.4, -0.2) is 46.6 Å². The lowest BCUT2D eigenvalue weighted by atomic mass is 10.1. The largest absolute Gasteiger partial charge is 0.394 e. The highest BCUT2D eigenvalue weighted by Gasteiger charge is 2.18. The molecule has 1 amide bonds. The maximum Gasteiger partial charge on any atom is 0.283 e. The van der Waals surface area contributed by atoms with Crippen molar-refractivity contribution in [3.63, 3.8) is 0 Å². The van der Waals surface area contributed by atoms with Crippen molar-refractivity contribution >= 4 is 23.4 Å². The Morgan fingerprint density at radius 2 is 2.11 bits per heavy atom. The fraction of sp³-hybridized carbons (Fsp3) is 0.364. The molecule has 0 aliphatic heterocycles. The third-order valence-corrected chi connectivity index (χ3v) is 3.20. The lowest BCUT2D eigenvalue weighted by Crippen LogP contribution is -2.40. The second kappa shape index (κ2) is 7.07. The Labute approximate surface area is 113 Å². The van der Waals surface area contributed by atoms with E-state index in [0.717, 1.165) is 0 Å². The van der Waals surface area contributed by atoms with Gasteiger partial charge < -0.3 is 15.5 Å². The zero-order valence-electron chi connectivity index (χ0n) is 10.2. The second-order valence-corrected chi connectivity index (χ2v) is 4.53. The average molecular weight is 286 g/mol. The van der Waals surface area contributed by atoms with E-state index >= 15 is 0 Å². The molecule has 1 aromatic carbocycles. The van der Waals surface area contributed by atoms with Crippen molar-refractivity contribution in [2.75, 3.05) is 19.5 Å². The molecule has 7 nitrogen and oxygen atoms in total. The Morgan fingerprint density at radius 3 is 2.58 bits per heavy atom. The molecule has 0 unspecified atom stereocenters. The summed E-state index contributed by atoms with van der Waals surface area (Å²) in [6, 6.07) is 3.34. The summed E-state index contributed by atoms with van der Waals surface area (Å²) in [5, 5.41) is 31.0. The van der Waals surface area contributed by atoms with E-state index in [2.05, 4.69) is 5.32 Å². The number of hydrogen-bond acceptors (Lipinski definition) is 6. The Kier molecular flexibility index (Phi) is 5.74. The Morgan fingerprint density at radius 1 is 1.47 bits per heavy atom. The van der Waals surface area contributed by atoms with Gasteiger partial charge >= 0.3 is 0 Å². The minimum Gasteiger partial charge on any atom is -0.394 e. The van der Waals surface area contributed by atoms with Crippen LogP contribution in [0.3, 0.4) is 0 Å². The van der Waals surface area contributed by atoms with Gasteiger partial charge in [-0.15, -0.1) is 11.8 Å². The van der Waals surface area contributed by atoms with Crippen molar-refractivity contribution in [3.05, 3.63) is 33.9 Å². The van der Waals surface area contributed by atoms with Crippen LogP contribution in [0.4, 0.5) is 5.69 Å². The number of benzene rings is 1. The summed E-state index contributed by atoms with van der Waals surface area (Å²) in [7, 11) is 0. The van der Waals surface area contributed by atoms with E-state index in [-0.39, 0.29) is 11.3 Å². The van der Waals surface area contributed by atoms with Gasteiger partial charge in [-0.05, 0) is 18.4 Å². The molecule has 0 saturated carbocycles. The molecule has 0 aliphatic carbocycles. The zero-order valence-corrected chi connectivity index (χ0v) is 11.0. The van der Waals surface area contributed by atoms with Crippen LogP contribution in [-0.2, 0) is 0 Å². The Hall–Kier alpha value is -1.64. The molecule has 0 atom stereocenters. The number of rotatable bonds is 6. The van der Waals surface area contributed by atoms with Gasteiger partial charge in [0.25, 0.3) is 11.6 Å². The van der Waals surface area contributed by atoms with Crippen molar-refractivity contribution in [2.45, 2.75) is 10.9 Å². The van der Waals surface area contributed by atoms with E-state index in [9.17, 15) is 14.9 Å². The number of carbonyl (C=O) groups is 1. The van der Waals surface area contributed by atoms with Crippen molar-refractivity contribution < 1.29 is 19.9 Å². The molecule has 104 valence electrons. The number of aliphatic hydroxyl groups excluding tert-OH is 2. The van der Waals surface area contributed by atoms with Gasteiger partial charge in [0.05, 0.1) is 29.1 Å². The highest BCUT2D eigenvalue weighted by molar-refractivity contribution is 7.98. The van der Waals surface area contributed by atoms with Crippen molar-refractivity contribution in [1.29, 1.82) is 0 Å². The first-order chi connectivity index (χ1) is 9.03. The number of amides is 1. The highest BCUT2D eigenvalue weighted by atomic mass is 32.2. The molecule has 0 aliphatic rings. The smallest absolute Gasteiger partial charge is 0.283 e. The molecule has 0 spiro atoms. The van der Waals surface area contributed by atoms with Crippen LogP contribution < -0.4 is 5.32 Å². The zero-order chi connectivity index (χ0) is 14.4. The number of hydrogen-bond donors (Lipinski definition) is 3. The summed E-state index contributed by atoms with van der Waals surface area (Å²) in [4.78, 5) is 22.6. The van der Waals surface area contributed by atoms with Gasteiger partial charge in [-0.1, -0.05) is 0 Å². The van der Waals surface area contributed by atoms with Gasteiger partial charge in [0, 0.05) is 11.6 Å². The second-order valence-electron chi connectivity index (χ2n) is 3.68. The van der Waals surface area contributed by atoms with Crippen LogP contribution >= 0.6 is 11.8 Å². The molecule has 1 rings (SSSR count). The molecule has 19 heavy (non-hydrogen) atoms. The predicted molar refractivity (Wildman–Crippen MR) is 70.3 cm³/mol.